The van der Waals surface area contributed by atoms with Gasteiger partial charge in [-0.15, -0.1) is 0 Å². The van der Waals surface area contributed by atoms with Crippen LogP contribution in [0.1, 0.15) is 36.2 Å². The number of carbonyl (C=O) groups is 1. The molecule has 0 N–H and O–H groups in total. The molecule has 0 atom stereocenters. The monoisotopic (exact) mass is 205 g/mol. The number of rotatable bonds is 4. The molecule has 15 heavy (non-hydrogen) atoms. The molecule has 0 aliphatic heterocycles. The van der Waals surface area contributed by atoms with Gasteiger partial charge in [0.05, 0.1) is 12.7 Å². The van der Waals surface area contributed by atoms with Gasteiger partial charge < -0.3 is 4.74 Å². The zero-order valence-electron chi connectivity index (χ0n) is 9.54. The van der Waals surface area contributed by atoms with Crippen LogP contribution >= 0.6 is 0 Å². The van der Waals surface area contributed by atoms with Crippen molar-refractivity contribution in [2.75, 3.05) is 7.11 Å². The lowest BCUT2D eigenvalue weighted by Gasteiger charge is -2.05. The molecule has 1 aromatic rings. The van der Waals surface area contributed by atoms with Crippen molar-refractivity contribution in [2.45, 2.75) is 26.7 Å². The van der Waals surface area contributed by atoms with E-state index in [1.54, 1.807) is 6.07 Å². The quantitative estimate of drug-likeness (QED) is 0.706. The lowest BCUT2D eigenvalue weighted by molar-refractivity contribution is 0.0600. The first-order chi connectivity index (χ1) is 7.13. The highest BCUT2D eigenvalue weighted by atomic mass is 16.5. The van der Waals surface area contributed by atoms with Gasteiger partial charge in [-0.3, -0.25) is 0 Å². The predicted molar refractivity (Wildman–Crippen MR) is 59.8 cm³/mol. The summed E-state index contributed by atoms with van der Waals surface area (Å²) in [6, 6.07) is 8.50. The summed E-state index contributed by atoms with van der Waals surface area (Å²) < 4.78 is 4.65. The Labute approximate surface area is 91.3 Å². The molecular weight excluding hydrogens is 188 g/mol. The van der Waals surface area contributed by atoms with Crippen molar-refractivity contribution < 1.29 is 9.53 Å². The Bertz CT molecular complexity index is 329. The summed E-state index contributed by atoms with van der Waals surface area (Å²) in [4.78, 5) is 11.3. The van der Waals surface area contributed by atoms with Crippen molar-refractivity contribution >= 4 is 5.97 Å². The van der Waals surface area contributed by atoms with Crippen molar-refractivity contribution in [1.29, 1.82) is 0 Å². The second-order valence-corrected chi connectivity index (χ2v) is 4.03. The van der Waals surface area contributed by atoms with Crippen LogP contribution in [0.15, 0.2) is 18.2 Å². The number of esters is 1. The molecule has 0 aliphatic carbocycles. The van der Waals surface area contributed by atoms with Crippen LogP contribution in [0.5, 0.6) is 0 Å². The topological polar surface area (TPSA) is 26.3 Å². The van der Waals surface area contributed by atoms with Gasteiger partial charge in [0.2, 0.25) is 0 Å². The Balaban J connectivity index is 2.70. The van der Waals surface area contributed by atoms with Crippen LogP contribution in [-0.2, 0) is 11.2 Å². The largest absolute Gasteiger partial charge is 0.465 e. The van der Waals surface area contributed by atoms with Gasteiger partial charge in [-0.05, 0) is 36.5 Å². The first kappa shape index (κ1) is 11.8. The lowest BCUT2D eigenvalue weighted by Crippen LogP contribution is -2.02. The second kappa shape index (κ2) is 5.54. The highest BCUT2D eigenvalue weighted by Gasteiger charge is 2.06. The number of ether oxygens (including phenoxy) is 1. The molecule has 2 heteroatoms. The van der Waals surface area contributed by atoms with E-state index in [1.807, 2.05) is 12.1 Å². The van der Waals surface area contributed by atoms with Crippen LogP contribution in [0, 0.1) is 12.0 Å². The van der Waals surface area contributed by atoms with Crippen molar-refractivity contribution in [3.05, 3.63) is 35.4 Å². The molecule has 81 valence electrons. The van der Waals surface area contributed by atoms with E-state index in [0.717, 1.165) is 12.8 Å². The third-order valence-electron chi connectivity index (χ3n) is 2.28. The first-order valence-electron chi connectivity index (χ1n) is 5.22. The molecule has 2 nitrogen and oxygen atoms in total. The number of aryl methyl sites for hydroxylation is 1. The van der Waals surface area contributed by atoms with E-state index >= 15 is 0 Å². The number of hydrogen-bond acceptors (Lipinski definition) is 2. The first-order valence-corrected chi connectivity index (χ1v) is 5.22. The van der Waals surface area contributed by atoms with Crippen LogP contribution in [-0.4, -0.2) is 13.1 Å². The van der Waals surface area contributed by atoms with Gasteiger partial charge in [0, 0.05) is 0 Å². The summed E-state index contributed by atoms with van der Waals surface area (Å²) in [5.74, 6) is 0.358. The van der Waals surface area contributed by atoms with E-state index in [-0.39, 0.29) is 5.97 Å². The lowest BCUT2D eigenvalue weighted by atomic mass is 10.0. The van der Waals surface area contributed by atoms with Crippen LogP contribution in [0.4, 0.5) is 0 Å². The molecule has 0 amide bonds. The third kappa shape index (κ3) is 3.74. The van der Waals surface area contributed by atoms with Gasteiger partial charge in [-0.1, -0.05) is 26.0 Å². The summed E-state index contributed by atoms with van der Waals surface area (Å²) in [5, 5.41) is 0. The molecule has 0 aromatic heterocycles. The molecular formula is C13H17O2. The Morgan fingerprint density at radius 1 is 1.53 bits per heavy atom. The molecule has 1 radical (unpaired) electrons. The number of methoxy groups -OCH3 is 1. The Hall–Kier alpha value is -1.31. The molecule has 0 bridgehead atoms. The predicted octanol–water partition coefficient (Wildman–Crippen LogP) is 2.86. The summed E-state index contributed by atoms with van der Waals surface area (Å²) in [6.45, 7) is 4.38. The molecule has 1 rings (SSSR count). The molecule has 0 saturated carbocycles. The van der Waals surface area contributed by atoms with Crippen LogP contribution in [0.2, 0.25) is 0 Å². The number of benzene rings is 1. The minimum absolute atomic E-state index is 0.318. The maximum absolute atomic E-state index is 11.3. The van der Waals surface area contributed by atoms with Crippen LogP contribution in [0.3, 0.4) is 0 Å². The molecule has 1 aromatic carbocycles. The van der Waals surface area contributed by atoms with Crippen LogP contribution in [0.25, 0.3) is 0 Å². The normalized spacial score (nSPS) is 10.4. The molecule has 0 heterocycles. The standard InChI is InChI=1S/C13H17O2/c1-10(2)7-8-11-5-4-6-12(9-11)13(14)15-3/h4-5,9-10H,7-8H2,1-3H3. The van der Waals surface area contributed by atoms with E-state index < -0.39 is 0 Å². The van der Waals surface area contributed by atoms with Crippen molar-refractivity contribution in [2.24, 2.45) is 5.92 Å². The summed E-state index contributed by atoms with van der Waals surface area (Å²) in [6.07, 6.45) is 2.13. The minimum Gasteiger partial charge on any atom is -0.465 e. The Morgan fingerprint density at radius 2 is 2.27 bits per heavy atom. The van der Waals surface area contributed by atoms with Crippen molar-refractivity contribution in [1.82, 2.24) is 0 Å². The van der Waals surface area contributed by atoms with E-state index in [9.17, 15) is 4.79 Å². The third-order valence-corrected chi connectivity index (χ3v) is 2.28. The van der Waals surface area contributed by atoms with E-state index in [0.29, 0.717) is 11.5 Å². The van der Waals surface area contributed by atoms with E-state index in [4.69, 9.17) is 0 Å². The molecule has 0 saturated heterocycles. The molecule has 0 aliphatic rings. The molecule has 0 unspecified atom stereocenters. The second-order valence-electron chi connectivity index (χ2n) is 4.03. The van der Waals surface area contributed by atoms with Gasteiger partial charge >= 0.3 is 5.97 Å². The Morgan fingerprint density at radius 3 is 2.87 bits per heavy atom. The zero-order chi connectivity index (χ0) is 11.3. The van der Waals surface area contributed by atoms with Gasteiger partial charge in [-0.25, -0.2) is 4.79 Å². The molecule has 0 fully saturated rings. The maximum atomic E-state index is 11.3. The highest BCUT2D eigenvalue weighted by Crippen LogP contribution is 2.11. The average molecular weight is 205 g/mol. The SMILES string of the molecule is COC(=O)c1[c]ccc(CCC(C)C)c1. The highest BCUT2D eigenvalue weighted by molar-refractivity contribution is 5.89. The maximum Gasteiger partial charge on any atom is 0.338 e. The van der Waals surface area contributed by atoms with Gasteiger partial charge in [0.1, 0.15) is 0 Å². The Kier molecular flexibility index (Phi) is 4.35. The van der Waals surface area contributed by atoms with Crippen LogP contribution < -0.4 is 0 Å². The van der Waals surface area contributed by atoms with E-state index in [1.165, 1.54) is 12.7 Å². The van der Waals surface area contributed by atoms with E-state index in [2.05, 4.69) is 24.7 Å². The smallest absolute Gasteiger partial charge is 0.338 e. The van der Waals surface area contributed by atoms with Gasteiger partial charge in [-0.2, -0.15) is 0 Å². The van der Waals surface area contributed by atoms with Crippen molar-refractivity contribution in [3.8, 4) is 0 Å². The van der Waals surface area contributed by atoms with Crippen molar-refractivity contribution in [3.63, 3.8) is 0 Å². The fourth-order valence-corrected chi connectivity index (χ4v) is 1.35. The summed E-state index contributed by atoms with van der Waals surface area (Å²) in [5.41, 5.74) is 1.68. The van der Waals surface area contributed by atoms with Gasteiger partial charge in [0.25, 0.3) is 0 Å². The fraction of sp³-hybridized carbons (Fsp3) is 0.462. The summed E-state index contributed by atoms with van der Waals surface area (Å²) >= 11 is 0. The molecule has 0 spiro atoms. The number of hydrogen-bond donors (Lipinski definition) is 0. The fourth-order valence-electron chi connectivity index (χ4n) is 1.35. The average Bonchev–Trinajstić information content (AvgIpc) is 2.25. The minimum atomic E-state index is -0.318. The summed E-state index contributed by atoms with van der Waals surface area (Å²) in [7, 11) is 1.39. The number of carbonyl (C=O) groups excluding carboxylic acids is 1. The van der Waals surface area contributed by atoms with Gasteiger partial charge in [0.15, 0.2) is 0 Å². The zero-order valence-corrected chi connectivity index (χ0v) is 9.54.